The van der Waals surface area contributed by atoms with E-state index in [1.54, 1.807) is 14.0 Å². The Bertz CT molecular complexity index is 641. The van der Waals surface area contributed by atoms with Gasteiger partial charge in [-0.25, -0.2) is 9.67 Å². The Morgan fingerprint density at radius 1 is 1.35 bits per heavy atom. The summed E-state index contributed by atoms with van der Waals surface area (Å²) >= 11 is 0. The quantitative estimate of drug-likeness (QED) is 0.846. The van der Waals surface area contributed by atoms with Crippen molar-refractivity contribution in [2.75, 3.05) is 7.05 Å². The minimum atomic E-state index is -4.72. The average Bonchev–Trinajstić information content (AvgIpc) is 3.00. The number of likely N-dealkylation sites (N-methyl/N-ethyl adjacent to an activating group) is 1. The summed E-state index contributed by atoms with van der Waals surface area (Å²) in [5.74, 6) is -0.489. The van der Waals surface area contributed by atoms with Crippen molar-refractivity contribution >= 4 is 5.91 Å². The van der Waals surface area contributed by atoms with E-state index < -0.39 is 12.4 Å². The van der Waals surface area contributed by atoms with Crippen molar-refractivity contribution in [2.45, 2.75) is 25.9 Å². The van der Waals surface area contributed by atoms with Crippen molar-refractivity contribution in [1.29, 1.82) is 0 Å². The van der Waals surface area contributed by atoms with Gasteiger partial charge >= 0.3 is 6.36 Å². The lowest BCUT2D eigenvalue weighted by molar-refractivity contribution is -0.274. The van der Waals surface area contributed by atoms with Crippen LogP contribution in [0.4, 0.5) is 13.2 Å². The van der Waals surface area contributed by atoms with Crippen LogP contribution in [-0.4, -0.2) is 39.0 Å². The van der Waals surface area contributed by atoms with Crippen LogP contribution in [0.1, 0.15) is 18.5 Å². The van der Waals surface area contributed by atoms with Gasteiger partial charge in [0.05, 0.1) is 0 Å². The molecule has 124 valence electrons. The molecule has 2 aromatic rings. The van der Waals surface area contributed by atoms with E-state index in [4.69, 9.17) is 0 Å². The number of aromatic nitrogens is 3. The highest BCUT2D eigenvalue weighted by Crippen LogP contribution is 2.23. The van der Waals surface area contributed by atoms with E-state index in [2.05, 4.69) is 14.8 Å². The van der Waals surface area contributed by atoms with Gasteiger partial charge in [0.2, 0.25) is 5.91 Å². The molecule has 0 fully saturated rings. The van der Waals surface area contributed by atoms with E-state index in [1.165, 1.54) is 46.5 Å². The molecular formula is C14H15F3N4O2. The van der Waals surface area contributed by atoms with Crippen molar-refractivity contribution < 1.29 is 22.7 Å². The van der Waals surface area contributed by atoms with E-state index in [9.17, 15) is 18.0 Å². The van der Waals surface area contributed by atoms with E-state index in [0.717, 1.165) is 0 Å². The zero-order valence-corrected chi connectivity index (χ0v) is 12.5. The molecule has 0 aliphatic carbocycles. The topological polar surface area (TPSA) is 60.2 Å². The predicted molar refractivity (Wildman–Crippen MR) is 74.3 cm³/mol. The van der Waals surface area contributed by atoms with Gasteiger partial charge in [-0.2, -0.15) is 5.10 Å². The first-order chi connectivity index (χ1) is 10.8. The van der Waals surface area contributed by atoms with Crippen LogP contribution >= 0.6 is 0 Å². The lowest BCUT2D eigenvalue weighted by Crippen LogP contribution is -2.33. The number of carbonyl (C=O) groups is 1. The summed E-state index contributed by atoms with van der Waals surface area (Å²) in [4.78, 5) is 17.5. The van der Waals surface area contributed by atoms with Crippen molar-refractivity contribution in [3.8, 4) is 5.75 Å². The molecule has 1 atom stereocenters. The van der Waals surface area contributed by atoms with Gasteiger partial charge in [0.1, 0.15) is 24.4 Å². The van der Waals surface area contributed by atoms with Crippen molar-refractivity contribution in [3.05, 3.63) is 42.5 Å². The molecule has 0 saturated carbocycles. The minimum absolute atomic E-state index is 0.189. The lowest BCUT2D eigenvalue weighted by atomic mass is 10.2. The molecule has 2 rings (SSSR count). The van der Waals surface area contributed by atoms with Gasteiger partial charge in [-0.1, -0.05) is 12.1 Å². The number of alkyl halides is 3. The molecule has 6 nitrogen and oxygen atoms in total. The first kappa shape index (κ1) is 16.8. The smallest absolute Gasteiger partial charge is 0.406 e. The fourth-order valence-electron chi connectivity index (χ4n) is 2.00. The molecule has 23 heavy (non-hydrogen) atoms. The van der Waals surface area contributed by atoms with Crippen LogP contribution in [0.15, 0.2) is 36.9 Å². The van der Waals surface area contributed by atoms with E-state index in [1.807, 2.05) is 0 Å². The van der Waals surface area contributed by atoms with E-state index in [0.29, 0.717) is 5.56 Å². The van der Waals surface area contributed by atoms with Crippen LogP contribution in [0, 0.1) is 0 Å². The molecule has 0 N–H and O–H groups in total. The normalized spacial score (nSPS) is 12.7. The number of carbonyl (C=O) groups excluding carboxylic acids is 1. The molecule has 0 saturated heterocycles. The first-order valence-corrected chi connectivity index (χ1v) is 6.70. The molecule has 0 aliphatic heterocycles. The maximum atomic E-state index is 12.3. The predicted octanol–water partition coefficient (Wildman–Crippen LogP) is 2.40. The summed E-state index contributed by atoms with van der Waals surface area (Å²) in [7, 11) is 1.61. The van der Waals surface area contributed by atoms with E-state index >= 15 is 0 Å². The average molecular weight is 328 g/mol. The van der Waals surface area contributed by atoms with Crippen molar-refractivity contribution in [3.63, 3.8) is 0 Å². The number of benzene rings is 1. The van der Waals surface area contributed by atoms with Gasteiger partial charge < -0.3 is 9.64 Å². The van der Waals surface area contributed by atoms with Crippen LogP contribution in [0.25, 0.3) is 0 Å². The number of hydrogen-bond acceptors (Lipinski definition) is 4. The fourth-order valence-corrected chi connectivity index (χ4v) is 2.00. The molecule has 1 aromatic heterocycles. The van der Waals surface area contributed by atoms with Gasteiger partial charge in [-0.05, 0) is 24.6 Å². The number of rotatable bonds is 5. The summed E-state index contributed by atoms with van der Waals surface area (Å²) in [6.45, 7) is 1.94. The van der Waals surface area contributed by atoms with Crippen LogP contribution in [0.5, 0.6) is 5.75 Å². The Kier molecular flexibility index (Phi) is 4.87. The van der Waals surface area contributed by atoms with Crippen LogP contribution in [0.3, 0.4) is 0 Å². The summed E-state index contributed by atoms with van der Waals surface area (Å²) in [5, 5.41) is 3.91. The Hall–Kier alpha value is -2.58. The Morgan fingerprint density at radius 3 is 2.52 bits per heavy atom. The summed E-state index contributed by atoms with van der Waals surface area (Å²) in [5.41, 5.74) is 0.682. The maximum absolute atomic E-state index is 12.3. The molecule has 0 spiro atoms. The highest BCUT2D eigenvalue weighted by atomic mass is 19.4. The van der Waals surface area contributed by atoms with Gasteiger partial charge in [-0.15, -0.1) is 13.2 Å². The second-order valence-electron chi connectivity index (χ2n) is 4.94. The number of nitrogens with zero attached hydrogens (tertiary/aromatic N) is 4. The Labute approximate surface area is 130 Å². The van der Waals surface area contributed by atoms with Gasteiger partial charge in [0, 0.05) is 13.6 Å². The number of halogens is 3. The monoisotopic (exact) mass is 328 g/mol. The highest BCUT2D eigenvalue weighted by molar-refractivity contribution is 5.79. The number of ether oxygens (including phenoxy) is 1. The largest absolute Gasteiger partial charge is 0.573 e. The molecule has 0 radical (unpaired) electrons. The van der Waals surface area contributed by atoms with Gasteiger partial charge in [0.15, 0.2) is 0 Å². The third-order valence-corrected chi connectivity index (χ3v) is 3.14. The molecule has 0 bridgehead atoms. The second kappa shape index (κ2) is 6.67. The summed E-state index contributed by atoms with van der Waals surface area (Å²) in [6.07, 6.45) is -1.94. The molecule has 9 heteroatoms. The molecule has 0 aliphatic rings. The highest BCUT2D eigenvalue weighted by Gasteiger charge is 2.31. The zero-order chi connectivity index (χ0) is 17.0. The lowest BCUT2D eigenvalue weighted by Gasteiger charge is -2.21. The molecular weight excluding hydrogens is 313 g/mol. The third kappa shape index (κ3) is 4.70. The first-order valence-electron chi connectivity index (χ1n) is 6.70. The van der Waals surface area contributed by atoms with Gasteiger partial charge in [-0.3, -0.25) is 4.79 Å². The minimum Gasteiger partial charge on any atom is -0.406 e. The Morgan fingerprint density at radius 2 is 2.00 bits per heavy atom. The standard InChI is InChI=1S/C14H15F3N4O2/c1-10(21-9-18-8-19-21)13(22)20(2)7-11-3-5-12(6-4-11)23-14(15,16)17/h3-6,8-10H,7H2,1-2H3. The second-order valence-corrected chi connectivity index (χ2v) is 4.94. The van der Waals surface area contributed by atoms with Crippen LogP contribution < -0.4 is 4.74 Å². The SMILES string of the molecule is CC(C(=O)N(C)Cc1ccc(OC(F)(F)F)cc1)n1cncn1. The zero-order valence-electron chi connectivity index (χ0n) is 12.5. The van der Waals surface area contributed by atoms with E-state index in [-0.39, 0.29) is 18.2 Å². The summed E-state index contributed by atoms with van der Waals surface area (Å²) in [6, 6.07) is 4.86. The number of hydrogen-bond donors (Lipinski definition) is 0. The Balaban J connectivity index is 1.97. The molecule has 1 unspecified atom stereocenters. The third-order valence-electron chi connectivity index (χ3n) is 3.14. The van der Waals surface area contributed by atoms with Gasteiger partial charge in [0.25, 0.3) is 0 Å². The fraction of sp³-hybridized carbons (Fsp3) is 0.357. The van der Waals surface area contributed by atoms with Crippen molar-refractivity contribution in [2.24, 2.45) is 0 Å². The van der Waals surface area contributed by atoms with Crippen LogP contribution in [0.2, 0.25) is 0 Å². The number of amides is 1. The van der Waals surface area contributed by atoms with Crippen LogP contribution in [-0.2, 0) is 11.3 Å². The van der Waals surface area contributed by atoms with Crippen molar-refractivity contribution in [1.82, 2.24) is 19.7 Å². The molecule has 1 heterocycles. The molecule has 1 amide bonds. The molecule has 1 aromatic carbocycles. The maximum Gasteiger partial charge on any atom is 0.573 e. The summed E-state index contributed by atoms with van der Waals surface area (Å²) < 4.78 is 41.5.